The van der Waals surface area contributed by atoms with E-state index in [1.165, 1.54) is 17.4 Å². The Morgan fingerprint density at radius 1 is 1.19 bits per heavy atom. The summed E-state index contributed by atoms with van der Waals surface area (Å²) in [7, 11) is 0. The van der Waals surface area contributed by atoms with Crippen LogP contribution in [-0.4, -0.2) is 34.8 Å². The zero-order chi connectivity index (χ0) is 19.2. The van der Waals surface area contributed by atoms with Gasteiger partial charge in [-0.1, -0.05) is 18.9 Å². The van der Waals surface area contributed by atoms with E-state index in [9.17, 15) is 18.4 Å². The number of aromatic nitrogens is 1. The molecule has 0 spiro atoms. The monoisotopic (exact) mass is 393 g/mol. The van der Waals surface area contributed by atoms with Gasteiger partial charge in [0.05, 0.1) is 6.54 Å². The quantitative estimate of drug-likeness (QED) is 0.842. The Morgan fingerprint density at radius 3 is 2.81 bits per heavy atom. The number of halogens is 2. The van der Waals surface area contributed by atoms with Crippen LogP contribution in [0.5, 0.6) is 0 Å². The molecule has 0 unspecified atom stereocenters. The van der Waals surface area contributed by atoms with E-state index in [0.29, 0.717) is 30.1 Å². The molecule has 144 valence electrons. The highest BCUT2D eigenvalue weighted by Crippen LogP contribution is 2.22. The summed E-state index contributed by atoms with van der Waals surface area (Å²) in [5.41, 5.74) is 0.627. The average Bonchev–Trinajstić information content (AvgIpc) is 3.05. The second-order valence-electron chi connectivity index (χ2n) is 6.58. The molecule has 1 aromatic heterocycles. The highest BCUT2D eigenvalue weighted by atomic mass is 32.1. The van der Waals surface area contributed by atoms with Crippen LogP contribution in [0.3, 0.4) is 0 Å². The van der Waals surface area contributed by atoms with Gasteiger partial charge in [0.25, 0.3) is 0 Å². The summed E-state index contributed by atoms with van der Waals surface area (Å²) in [6.45, 7) is 0.627. The van der Waals surface area contributed by atoms with Crippen molar-refractivity contribution >= 4 is 28.3 Å². The predicted molar refractivity (Wildman–Crippen MR) is 99.6 cm³/mol. The smallest absolute Gasteiger partial charge is 0.245 e. The van der Waals surface area contributed by atoms with Gasteiger partial charge >= 0.3 is 0 Å². The second kappa shape index (κ2) is 9.03. The third-order valence-electron chi connectivity index (χ3n) is 4.42. The first-order valence-electron chi connectivity index (χ1n) is 8.97. The maximum atomic E-state index is 13.3. The third kappa shape index (κ3) is 5.56. The van der Waals surface area contributed by atoms with Crippen LogP contribution in [0.25, 0.3) is 0 Å². The van der Waals surface area contributed by atoms with Gasteiger partial charge in [-0.25, -0.2) is 13.8 Å². The minimum absolute atomic E-state index is 0.0167. The Kier molecular flexibility index (Phi) is 6.49. The molecule has 1 aliphatic heterocycles. The minimum Gasteiger partial charge on any atom is -0.333 e. The Labute approximate surface area is 160 Å². The molecule has 5 nitrogen and oxygen atoms in total. The number of thiazole rings is 1. The fourth-order valence-corrected chi connectivity index (χ4v) is 3.88. The van der Waals surface area contributed by atoms with E-state index in [1.54, 1.807) is 11.1 Å². The molecule has 2 amide bonds. The number of likely N-dealkylation sites (tertiary alicyclic amines) is 1. The van der Waals surface area contributed by atoms with Gasteiger partial charge in [-0.3, -0.25) is 9.59 Å². The summed E-state index contributed by atoms with van der Waals surface area (Å²) in [6.07, 6.45) is 6.41. The molecule has 1 saturated heterocycles. The lowest BCUT2D eigenvalue weighted by atomic mass is 10.1. The van der Waals surface area contributed by atoms with Crippen LogP contribution >= 0.6 is 11.3 Å². The van der Waals surface area contributed by atoms with Crippen molar-refractivity contribution in [3.05, 3.63) is 46.5 Å². The number of rotatable bonds is 5. The number of carbonyl (C=O) groups is 2. The molecule has 1 N–H and O–H groups in total. The number of benzene rings is 1. The molecule has 1 fully saturated rings. The molecule has 0 bridgehead atoms. The van der Waals surface area contributed by atoms with E-state index in [2.05, 4.69) is 10.3 Å². The lowest BCUT2D eigenvalue weighted by Gasteiger charge is -2.23. The summed E-state index contributed by atoms with van der Waals surface area (Å²) in [5, 5.41) is 3.14. The summed E-state index contributed by atoms with van der Waals surface area (Å²) in [5.74, 6) is -2.03. The molecule has 2 aromatic rings. The first kappa shape index (κ1) is 19.4. The highest BCUT2D eigenvalue weighted by molar-refractivity contribution is 7.15. The van der Waals surface area contributed by atoms with E-state index in [-0.39, 0.29) is 18.4 Å². The molecule has 1 aliphatic rings. The SMILES string of the molecule is O=C(CN1CCCCCCC1=O)Nc1ncc(Cc2ccc(F)c(F)c2)s1. The van der Waals surface area contributed by atoms with Crippen molar-refractivity contribution in [1.29, 1.82) is 0 Å². The van der Waals surface area contributed by atoms with Gasteiger partial charge in [0.2, 0.25) is 11.8 Å². The Morgan fingerprint density at radius 2 is 2.00 bits per heavy atom. The molecule has 1 aromatic carbocycles. The number of nitrogens with zero attached hydrogens (tertiary/aromatic N) is 2. The van der Waals surface area contributed by atoms with E-state index in [0.717, 1.165) is 42.7 Å². The number of hydrogen-bond donors (Lipinski definition) is 1. The number of anilines is 1. The van der Waals surface area contributed by atoms with Crippen LogP contribution in [-0.2, 0) is 16.0 Å². The maximum absolute atomic E-state index is 13.3. The summed E-state index contributed by atoms with van der Waals surface area (Å²) in [6, 6.07) is 3.76. The van der Waals surface area contributed by atoms with Gasteiger partial charge in [-0.2, -0.15) is 0 Å². The number of hydrogen-bond acceptors (Lipinski definition) is 4. The molecule has 27 heavy (non-hydrogen) atoms. The standard InChI is InChI=1S/C19H21F2N3O2S/c20-15-7-6-13(10-16(15)21)9-14-11-22-19(27-14)23-17(25)12-24-8-4-2-1-3-5-18(24)26/h6-7,10-11H,1-5,8-9,12H2,(H,22,23,25). The maximum Gasteiger partial charge on any atom is 0.245 e. The fraction of sp³-hybridized carbons (Fsp3) is 0.421. The van der Waals surface area contributed by atoms with Gasteiger partial charge in [-0.05, 0) is 30.5 Å². The Bertz CT molecular complexity index is 825. The molecule has 0 aliphatic carbocycles. The van der Waals surface area contributed by atoms with E-state index >= 15 is 0 Å². The van der Waals surface area contributed by atoms with Crippen LogP contribution in [0.4, 0.5) is 13.9 Å². The second-order valence-corrected chi connectivity index (χ2v) is 7.70. The zero-order valence-corrected chi connectivity index (χ0v) is 15.7. The molecule has 0 saturated carbocycles. The molecule has 0 atom stereocenters. The van der Waals surface area contributed by atoms with Crippen molar-refractivity contribution in [2.24, 2.45) is 0 Å². The van der Waals surface area contributed by atoms with Crippen molar-refractivity contribution in [2.75, 3.05) is 18.4 Å². The minimum atomic E-state index is -0.886. The van der Waals surface area contributed by atoms with Crippen LogP contribution < -0.4 is 5.32 Å². The fourth-order valence-electron chi connectivity index (χ4n) is 3.01. The van der Waals surface area contributed by atoms with Crippen LogP contribution in [0.1, 0.15) is 42.5 Å². The van der Waals surface area contributed by atoms with E-state index in [4.69, 9.17) is 0 Å². The topological polar surface area (TPSA) is 62.3 Å². The number of nitrogens with one attached hydrogen (secondary N) is 1. The molecule has 2 heterocycles. The first-order chi connectivity index (χ1) is 13.0. The van der Waals surface area contributed by atoms with Gasteiger partial charge in [0.15, 0.2) is 16.8 Å². The molecular weight excluding hydrogens is 372 g/mol. The van der Waals surface area contributed by atoms with Gasteiger partial charge < -0.3 is 10.2 Å². The van der Waals surface area contributed by atoms with Crippen LogP contribution in [0.2, 0.25) is 0 Å². The van der Waals surface area contributed by atoms with Crippen molar-refractivity contribution in [3.8, 4) is 0 Å². The van der Waals surface area contributed by atoms with E-state index in [1.807, 2.05) is 0 Å². The normalized spacial score (nSPS) is 15.3. The first-order valence-corrected chi connectivity index (χ1v) is 9.79. The van der Waals surface area contributed by atoms with Crippen molar-refractivity contribution in [3.63, 3.8) is 0 Å². The molecular formula is C19H21F2N3O2S. The lowest BCUT2D eigenvalue weighted by Crippen LogP contribution is -2.39. The third-order valence-corrected chi connectivity index (χ3v) is 5.33. The van der Waals surface area contributed by atoms with Gasteiger partial charge in [0.1, 0.15) is 0 Å². The molecule has 0 radical (unpaired) electrons. The van der Waals surface area contributed by atoms with Crippen molar-refractivity contribution in [1.82, 2.24) is 9.88 Å². The van der Waals surface area contributed by atoms with Gasteiger partial charge in [0, 0.05) is 30.5 Å². The van der Waals surface area contributed by atoms with Crippen LogP contribution in [0, 0.1) is 11.6 Å². The molecule has 8 heteroatoms. The van der Waals surface area contributed by atoms with Gasteiger partial charge in [-0.15, -0.1) is 11.3 Å². The Hall–Kier alpha value is -2.35. The highest BCUT2D eigenvalue weighted by Gasteiger charge is 2.19. The number of carbonyl (C=O) groups excluding carboxylic acids is 2. The predicted octanol–water partition coefficient (Wildman–Crippen LogP) is 3.74. The average molecular weight is 393 g/mol. The zero-order valence-electron chi connectivity index (χ0n) is 14.8. The summed E-state index contributed by atoms with van der Waals surface area (Å²) >= 11 is 1.27. The molecule has 3 rings (SSSR count). The lowest BCUT2D eigenvalue weighted by molar-refractivity contribution is -0.135. The number of amides is 2. The largest absolute Gasteiger partial charge is 0.333 e. The summed E-state index contributed by atoms with van der Waals surface area (Å²) in [4.78, 5) is 30.9. The summed E-state index contributed by atoms with van der Waals surface area (Å²) < 4.78 is 26.3. The van der Waals surface area contributed by atoms with Crippen molar-refractivity contribution in [2.45, 2.75) is 38.5 Å². The van der Waals surface area contributed by atoms with Crippen molar-refractivity contribution < 1.29 is 18.4 Å². The Balaban J connectivity index is 1.55. The van der Waals surface area contributed by atoms with Crippen LogP contribution in [0.15, 0.2) is 24.4 Å². The van der Waals surface area contributed by atoms with E-state index < -0.39 is 11.6 Å².